The van der Waals surface area contributed by atoms with Crippen LogP contribution in [0.1, 0.15) is 13.8 Å². The molecule has 1 aromatic heterocycles. The number of nitrogens with one attached hydrogen (secondary N) is 2. The van der Waals surface area contributed by atoms with Crippen molar-refractivity contribution in [1.82, 2.24) is 9.71 Å². The van der Waals surface area contributed by atoms with Gasteiger partial charge in [0.15, 0.2) is 5.82 Å². The van der Waals surface area contributed by atoms with E-state index in [1.54, 1.807) is 6.92 Å². The molecular weight excluding hydrogens is 256 g/mol. The topological polar surface area (TPSA) is 106 Å². The number of sulfonamides is 1. The minimum absolute atomic E-state index is 0.0100. The summed E-state index contributed by atoms with van der Waals surface area (Å²) in [5.74, 6) is 5.33. The lowest BCUT2D eigenvalue weighted by molar-refractivity contribution is 0.133. The van der Waals surface area contributed by atoms with Crippen molar-refractivity contribution in [3.8, 4) is 0 Å². The molecule has 0 radical (unpaired) electrons. The second kappa shape index (κ2) is 6.64. The summed E-state index contributed by atoms with van der Waals surface area (Å²) >= 11 is 0. The smallest absolute Gasteiger partial charge is 0.244 e. The lowest BCUT2D eigenvalue weighted by Crippen LogP contribution is -2.36. The van der Waals surface area contributed by atoms with Gasteiger partial charge in [-0.2, -0.15) is 0 Å². The number of nitrogen functional groups attached to an aromatic ring is 1. The maximum atomic E-state index is 12.1. The van der Waals surface area contributed by atoms with Crippen LogP contribution >= 0.6 is 0 Å². The molecule has 8 heteroatoms. The summed E-state index contributed by atoms with van der Waals surface area (Å²) in [5.41, 5.74) is 2.26. The number of hydrogen-bond donors (Lipinski definition) is 3. The van der Waals surface area contributed by atoms with E-state index in [9.17, 15) is 8.42 Å². The molecule has 4 N–H and O–H groups in total. The Labute approximate surface area is 107 Å². The Morgan fingerprint density at radius 3 is 2.89 bits per heavy atom. The monoisotopic (exact) mass is 274 g/mol. The largest absolute Gasteiger partial charge is 0.380 e. The number of aromatic nitrogens is 1. The van der Waals surface area contributed by atoms with E-state index < -0.39 is 10.0 Å². The molecule has 1 rings (SSSR count). The maximum absolute atomic E-state index is 12.1. The normalized spacial score (nSPS) is 13.3. The molecule has 0 aliphatic heterocycles. The first kappa shape index (κ1) is 14.8. The highest BCUT2D eigenvalue weighted by atomic mass is 32.2. The van der Waals surface area contributed by atoms with E-state index in [1.165, 1.54) is 18.3 Å². The van der Waals surface area contributed by atoms with E-state index in [0.29, 0.717) is 13.2 Å². The summed E-state index contributed by atoms with van der Waals surface area (Å²) in [6, 6.07) is 2.63. The van der Waals surface area contributed by atoms with Crippen molar-refractivity contribution < 1.29 is 13.2 Å². The Morgan fingerprint density at radius 1 is 1.56 bits per heavy atom. The molecule has 0 spiro atoms. The van der Waals surface area contributed by atoms with Gasteiger partial charge in [0.2, 0.25) is 10.0 Å². The Morgan fingerprint density at radius 2 is 2.28 bits per heavy atom. The Balaban J connectivity index is 2.86. The molecule has 0 amide bonds. The first-order valence-corrected chi connectivity index (χ1v) is 7.01. The van der Waals surface area contributed by atoms with Crippen molar-refractivity contribution >= 4 is 15.8 Å². The second-order valence-electron chi connectivity index (χ2n) is 3.68. The van der Waals surface area contributed by atoms with Crippen LogP contribution in [-0.2, 0) is 14.8 Å². The number of ether oxygens (including phenoxy) is 1. The van der Waals surface area contributed by atoms with Crippen LogP contribution < -0.4 is 16.0 Å². The van der Waals surface area contributed by atoms with Crippen LogP contribution in [-0.4, -0.2) is 32.7 Å². The van der Waals surface area contributed by atoms with Gasteiger partial charge in [-0.25, -0.2) is 24.0 Å². The van der Waals surface area contributed by atoms with Crippen LogP contribution in [0.15, 0.2) is 23.2 Å². The minimum Gasteiger partial charge on any atom is -0.380 e. The van der Waals surface area contributed by atoms with Gasteiger partial charge in [-0.3, -0.25) is 0 Å². The molecule has 0 saturated heterocycles. The van der Waals surface area contributed by atoms with E-state index in [0.717, 1.165) is 0 Å². The number of hydrazine groups is 1. The maximum Gasteiger partial charge on any atom is 0.244 e. The van der Waals surface area contributed by atoms with Crippen LogP contribution in [0.25, 0.3) is 0 Å². The van der Waals surface area contributed by atoms with Crippen LogP contribution in [0, 0.1) is 0 Å². The Bertz CT molecular complexity index is 478. The third kappa shape index (κ3) is 3.91. The summed E-state index contributed by atoms with van der Waals surface area (Å²) in [4.78, 5) is 3.86. The van der Waals surface area contributed by atoms with Gasteiger partial charge in [0.05, 0.1) is 6.61 Å². The second-order valence-corrected chi connectivity index (χ2v) is 5.36. The molecule has 1 unspecified atom stereocenters. The number of hydrogen-bond acceptors (Lipinski definition) is 6. The van der Waals surface area contributed by atoms with Gasteiger partial charge in [0.25, 0.3) is 0 Å². The predicted molar refractivity (Wildman–Crippen MR) is 68.3 cm³/mol. The third-order valence-electron chi connectivity index (χ3n) is 2.13. The summed E-state index contributed by atoms with van der Waals surface area (Å²) in [6.45, 7) is 4.41. The summed E-state index contributed by atoms with van der Waals surface area (Å²) in [6.07, 6.45) is 1.46. The highest BCUT2D eigenvalue weighted by molar-refractivity contribution is 7.89. The summed E-state index contributed by atoms with van der Waals surface area (Å²) < 4.78 is 31.8. The predicted octanol–water partition coefficient (Wildman–Crippen LogP) is 0.0705. The zero-order chi connectivity index (χ0) is 13.6. The molecule has 0 aliphatic carbocycles. The summed E-state index contributed by atoms with van der Waals surface area (Å²) in [7, 11) is -3.67. The van der Waals surface area contributed by atoms with Crippen molar-refractivity contribution in [2.75, 3.05) is 18.6 Å². The number of anilines is 1. The van der Waals surface area contributed by atoms with Gasteiger partial charge in [-0.15, -0.1) is 0 Å². The van der Waals surface area contributed by atoms with Gasteiger partial charge >= 0.3 is 0 Å². The van der Waals surface area contributed by atoms with Gasteiger partial charge in [0, 0.05) is 18.8 Å². The molecule has 1 atom stereocenters. The van der Waals surface area contributed by atoms with Crippen molar-refractivity contribution in [3.63, 3.8) is 0 Å². The zero-order valence-corrected chi connectivity index (χ0v) is 11.2. The highest BCUT2D eigenvalue weighted by Gasteiger charge is 2.21. The van der Waals surface area contributed by atoms with Gasteiger partial charge in [0.1, 0.15) is 4.90 Å². The van der Waals surface area contributed by atoms with Crippen LogP contribution in [0.3, 0.4) is 0 Å². The fraction of sp³-hybridized carbons (Fsp3) is 0.500. The first-order valence-electron chi connectivity index (χ1n) is 5.53. The third-order valence-corrected chi connectivity index (χ3v) is 3.75. The number of rotatable bonds is 7. The number of nitrogens with zero attached hydrogens (tertiary/aromatic N) is 1. The summed E-state index contributed by atoms with van der Waals surface area (Å²) in [5, 5.41) is 0. The molecule has 7 nitrogen and oxygen atoms in total. The molecule has 0 aliphatic rings. The Hall–Kier alpha value is -1.22. The molecule has 0 aromatic carbocycles. The molecule has 0 saturated carbocycles. The molecule has 102 valence electrons. The standard InChI is InChI=1S/C10H18N4O3S/c1-3-17-7-8(2)14-18(15,16)9-5-4-6-12-10(9)13-11/h4-6,8,14H,3,7,11H2,1-2H3,(H,12,13). The van der Waals surface area contributed by atoms with Crippen molar-refractivity contribution in [2.45, 2.75) is 24.8 Å². The van der Waals surface area contributed by atoms with Crippen molar-refractivity contribution in [3.05, 3.63) is 18.3 Å². The van der Waals surface area contributed by atoms with Crippen LogP contribution in [0.5, 0.6) is 0 Å². The lowest BCUT2D eigenvalue weighted by Gasteiger charge is -2.15. The van der Waals surface area contributed by atoms with E-state index in [2.05, 4.69) is 15.1 Å². The van der Waals surface area contributed by atoms with Crippen LogP contribution in [0.2, 0.25) is 0 Å². The SMILES string of the molecule is CCOCC(C)NS(=O)(=O)c1cccnc1NN. The molecule has 1 aromatic rings. The molecule has 1 heterocycles. The van der Waals surface area contributed by atoms with E-state index in [4.69, 9.17) is 10.6 Å². The number of nitrogens with two attached hydrogens (primary N) is 1. The van der Waals surface area contributed by atoms with E-state index >= 15 is 0 Å². The van der Waals surface area contributed by atoms with Gasteiger partial charge in [-0.05, 0) is 26.0 Å². The molecule has 0 fully saturated rings. The number of pyridine rings is 1. The van der Waals surface area contributed by atoms with Crippen molar-refractivity contribution in [2.24, 2.45) is 5.84 Å². The van der Waals surface area contributed by atoms with Gasteiger partial charge in [-0.1, -0.05) is 0 Å². The average Bonchev–Trinajstić information content (AvgIpc) is 2.35. The minimum atomic E-state index is -3.67. The van der Waals surface area contributed by atoms with E-state index in [-0.39, 0.29) is 16.8 Å². The van der Waals surface area contributed by atoms with E-state index in [1.807, 2.05) is 6.92 Å². The highest BCUT2D eigenvalue weighted by Crippen LogP contribution is 2.16. The van der Waals surface area contributed by atoms with Crippen LogP contribution in [0.4, 0.5) is 5.82 Å². The Kier molecular flexibility index (Phi) is 5.48. The average molecular weight is 274 g/mol. The van der Waals surface area contributed by atoms with Gasteiger partial charge < -0.3 is 10.2 Å². The molecule has 18 heavy (non-hydrogen) atoms. The fourth-order valence-electron chi connectivity index (χ4n) is 1.37. The van der Waals surface area contributed by atoms with Crippen molar-refractivity contribution in [1.29, 1.82) is 0 Å². The fourth-order valence-corrected chi connectivity index (χ4v) is 2.72. The zero-order valence-electron chi connectivity index (χ0n) is 10.4. The lowest BCUT2D eigenvalue weighted by atomic mass is 10.4. The quantitative estimate of drug-likeness (QED) is 0.480. The first-order chi connectivity index (χ1) is 8.51. The molecule has 0 bridgehead atoms. The molecular formula is C10H18N4O3S.